The Hall–Kier alpha value is -1.81. The molecule has 0 unspecified atom stereocenters. The second-order valence-corrected chi connectivity index (χ2v) is 3.49. The zero-order valence-corrected chi connectivity index (χ0v) is 9.07. The molecule has 98 valence electrons. The summed E-state index contributed by atoms with van der Waals surface area (Å²) in [5.74, 6) is -8.56. The smallest absolute Gasteiger partial charge is 0.200 e. The van der Waals surface area contributed by atoms with E-state index in [9.17, 15) is 22.0 Å². The van der Waals surface area contributed by atoms with Crippen molar-refractivity contribution >= 4 is 5.69 Å². The van der Waals surface area contributed by atoms with Gasteiger partial charge in [0.05, 0.1) is 6.04 Å². The molecule has 0 radical (unpaired) electrons. The maximum Gasteiger partial charge on any atom is 0.200 e. The summed E-state index contributed by atoms with van der Waals surface area (Å²) >= 11 is 0. The average Bonchev–Trinajstić information content (AvgIpc) is 2.37. The van der Waals surface area contributed by atoms with Gasteiger partial charge in [-0.2, -0.15) is 0 Å². The molecule has 0 bridgehead atoms. The highest BCUT2D eigenvalue weighted by molar-refractivity contribution is 5.48. The van der Waals surface area contributed by atoms with Crippen molar-refractivity contribution in [2.45, 2.75) is 19.1 Å². The molecule has 0 aliphatic rings. The van der Waals surface area contributed by atoms with Crippen molar-refractivity contribution in [1.82, 2.24) is 0 Å². The first-order chi connectivity index (χ1) is 8.31. The van der Waals surface area contributed by atoms with Crippen LogP contribution in [-0.2, 0) is 0 Å². The van der Waals surface area contributed by atoms with E-state index in [1.54, 1.807) is 0 Å². The van der Waals surface area contributed by atoms with Crippen LogP contribution in [0.25, 0.3) is 0 Å². The Morgan fingerprint density at radius 3 is 1.78 bits per heavy atom. The van der Waals surface area contributed by atoms with Crippen LogP contribution in [0.5, 0.6) is 0 Å². The van der Waals surface area contributed by atoms with E-state index in [4.69, 9.17) is 11.5 Å². The van der Waals surface area contributed by atoms with Crippen LogP contribution in [0.3, 0.4) is 0 Å². The molecule has 2 N–H and O–H groups in total. The van der Waals surface area contributed by atoms with Crippen molar-refractivity contribution in [3.63, 3.8) is 0 Å². The fourth-order valence-electron chi connectivity index (χ4n) is 1.18. The topological polar surface area (TPSA) is 32.3 Å². The molecule has 0 saturated carbocycles. The number of halogens is 5. The monoisotopic (exact) mass is 265 g/mol. The summed E-state index contributed by atoms with van der Waals surface area (Å²) in [4.78, 5) is 0. The number of nitrogens with one attached hydrogen (secondary N) is 1. The first-order valence-corrected chi connectivity index (χ1v) is 4.73. The Bertz CT molecular complexity index is 482. The van der Waals surface area contributed by atoms with E-state index in [-0.39, 0.29) is 0 Å². The molecule has 0 aromatic heterocycles. The zero-order valence-electron chi connectivity index (χ0n) is 9.07. The average molecular weight is 265 g/mol. The molecule has 0 spiro atoms. The molecule has 0 aliphatic heterocycles. The highest BCUT2D eigenvalue weighted by Crippen LogP contribution is 2.27. The second-order valence-electron chi connectivity index (χ2n) is 3.49. The molecule has 1 aromatic carbocycles. The minimum absolute atomic E-state index is 1.09. The third-order valence-corrected chi connectivity index (χ3v) is 2.23. The van der Waals surface area contributed by atoms with Gasteiger partial charge < -0.3 is 10.4 Å². The number of aliphatic hydroxyl groups is 1. The fraction of sp³-hybridized carbons (Fsp3) is 0.273. The molecule has 1 aromatic rings. The van der Waals surface area contributed by atoms with Crippen LogP contribution >= 0.6 is 0 Å². The van der Waals surface area contributed by atoms with E-state index >= 15 is 0 Å². The van der Waals surface area contributed by atoms with Crippen molar-refractivity contribution in [2.75, 3.05) is 5.32 Å². The van der Waals surface area contributed by atoms with E-state index in [1.165, 1.54) is 6.92 Å². The van der Waals surface area contributed by atoms with E-state index < -0.39 is 46.9 Å². The van der Waals surface area contributed by atoms with Gasteiger partial charge in [-0.15, -0.1) is 6.42 Å². The second kappa shape index (κ2) is 5.23. The SMILES string of the molecule is C#C[C@H](O)[C@H](C)Nc1c(F)c(F)c(F)c(F)c1F. The van der Waals surface area contributed by atoms with E-state index in [2.05, 4.69) is 0 Å². The predicted molar refractivity (Wildman–Crippen MR) is 54.2 cm³/mol. The molecule has 0 amide bonds. The largest absolute Gasteiger partial charge is 0.378 e. The summed E-state index contributed by atoms with van der Waals surface area (Å²) < 4.78 is 64.8. The number of hydrogen-bond donors (Lipinski definition) is 2. The summed E-state index contributed by atoms with van der Waals surface area (Å²) in [5, 5.41) is 11.1. The van der Waals surface area contributed by atoms with Gasteiger partial charge in [-0.25, -0.2) is 22.0 Å². The molecule has 7 heteroatoms. The maximum atomic E-state index is 13.2. The first-order valence-electron chi connectivity index (χ1n) is 4.73. The van der Waals surface area contributed by atoms with Gasteiger partial charge in [0.15, 0.2) is 23.3 Å². The quantitative estimate of drug-likeness (QED) is 0.380. The maximum absolute atomic E-state index is 13.2. The van der Waals surface area contributed by atoms with Crippen LogP contribution in [0.1, 0.15) is 6.92 Å². The molecular weight excluding hydrogens is 257 g/mol. The van der Waals surface area contributed by atoms with Crippen molar-refractivity contribution in [1.29, 1.82) is 0 Å². The fourth-order valence-corrected chi connectivity index (χ4v) is 1.18. The van der Waals surface area contributed by atoms with Crippen LogP contribution in [0.15, 0.2) is 0 Å². The molecular formula is C11H8F5NO. The Morgan fingerprint density at radius 2 is 1.39 bits per heavy atom. The third kappa shape index (κ3) is 2.38. The Morgan fingerprint density at radius 1 is 1.00 bits per heavy atom. The molecule has 2 atom stereocenters. The molecule has 0 fully saturated rings. The molecule has 0 aliphatic carbocycles. The van der Waals surface area contributed by atoms with E-state index in [1.807, 2.05) is 11.2 Å². The van der Waals surface area contributed by atoms with E-state index in [0.29, 0.717) is 0 Å². The van der Waals surface area contributed by atoms with Crippen LogP contribution in [0.4, 0.5) is 27.6 Å². The number of aliphatic hydroxyl groups excluding tert-OH is 1. The summed E-state index contributed by atoms with van der Waals surface area (Å²) in [7, 11) is 0. The van der Waals surface area contributed by atoms with Gasteiger partial charge in [0.2, 0.25) is 5.82 Å². The molecule has 18 heavy (non-hydrogen) atoms. The van der Waals surface area contributed by atoms with Crippen LogP contribution in [0.2, 0.25) is 0 Å². The summed E-state index contributed by atoms with van der Waals surface area (Å²) in [6.07, 6.45) is 3.41. The van der Waals surface area contributed by atoms with Crippen LogP contribution in [-0.4, -0.2) is 17.3 Å². The van der Waals surface area contributed by atoms with Crippen molar-refractivity contribution in [2.24, 2.45) is 0 Å². The lowest BCUT2D eigenvalue weighted by molar-refractivity contribution is 0.214. The van der Waals surface area contributed by atoms with Crippen molar-refractivity contribution in [3.8, 4) is 12.3 Å². The number of anilines is 1. The predicted octanol–water partition coefficient (Wildman–Crippen LogP) is 2.18. The zero-order chi connectivity index (χ0) is 14.0. The highest BCUT2D eigenvalue weighted by atomic mass is 19.2. The summed E-state index contributed by atoms with van der Waals surface area (Å²) in [6, 6.07) is -1.09. The lowest BCUT2D eigenvalue weighted by atomic mass is 10.1. The van der Waals surface area contributed by atoms with Crippen molar-refractivity contribution in [3.05, 3.63) is 29.1 Å². The van der Waals surface area contributed by atoms with Gasteiger partial charge in [-0.1, -0.05) is 5.92 Å². The highest BCUT2D eigenvalue weighted by Gasteiger charge is 2.27. The summed E-state index contributed by atoms with van der Waals surface area (Å²) in [5.41, 5.74) is -1.23. The van der Waals surface area contributed by atoms with Gasteiger partial charge in [-0.05, 0) is 6.92 Å². The Kier molecular flexibility index (Phi) is 4.14. The minimum Gasteiger partial charge on any atom is -0.378 e. The molecule has 0 saturated heterocycles. The molecule has 2 nitrogen and oxygen atoms in total. The van der Waals surface area contributed by atoms with Crippen LogP contribution in [0, 0.1) is 41.4 Å². The van der Waals surface area contributed by atoms with Gasteiger partial charge in [-0.3, -0.25) is 0 Å². The Balaban J connectivity index is 3.23. The van der Waals surface area contributed by atoms with Crippen molar-refractivity contribution < 1.29 is 27.1 Å². The number of rotatable bonds is 3. The third-order valence-electron chi connectivity index (χ3n) is 2.23. The normalized spacial score (nSPS) is 13.9. The standard InChI is InChI=1S/C11H8F5NO/c1-3-5(18)4(2)17-11-9(15)7(13)6(12)8(14)10(11)16/h1,4-5,17-18H,2H3/t4-,5-/m0/s1. The number of hydrogen-bond acceptors (Lipinski definition) is 2. The van der Waals surface area contributed by atoms with E-state index in [0.717, 1.165) is 0 Å². The molecule has 0 heterocycles. The summed E-state index contributed by atoms with van der Waals surface area (Å²) in [6.45, 7) is 1.22. The number of terminal acetylenes is 1. The van der Waals surface area contributed by atoms with Gasteiger partial charge in [0.1, 0.15) is 11.8 Å². The minimum atomic E-state index is -2.25. The first kappa shape index (κ1) is 14.3. The lowest BCUT2D eigenvalue weighted by Gasteiger charge is -2.18. The van der Waals surface area contributed by atoms with Crippen LogP contribution < -0.4 is 5.32 Å². The van der Waals surface area contributed by atoms with Gasteiger partial charge in [0.25, 0.3) is 0 Å². The Labute approximate surface area is 99.4 Å². The number of benzene rings is 1. The van der Waals surface area contributed by atoms with Gasteiger partial charge >= 0.3 is 0 Å². The lowest BCUT2D eigenvalue weighted by Crippen LogP contribution is -2.30. The molecule has 1 rings (SSSR count). The van der Waals surface area contributed by atoms with Gasteiger partial charge in [0, 0.05) is 0 Å².